The van der Waals surface area contributed by atoms with Crippen molar-refractivity contribution < 1.29 is 32.2 Å². The van der Waals surface area contributed by atoms with E-state index in [1.807, 2.05) is 52.0 Å². The summed E-state index contributed by atoms with van der Waals surface area (Å²) in [6.07, 6.45) is -3.33. The molecule has 196 valence electrons. The molecule has 10 nitrogen and oxygen atoms in total. The molecule has 4 aromatic rings. The number of nitrogens with one attached hydrogen (secondary N) is 3. The van der Waals surface area contributed by atoms with E-state index in [4.69, 9.17) is 19.1 Å². The second-order valence-corrected chi connectivity index (χ2v) is 8.08. The van der Waals surface area contributed by atoms with E-state index in [9.17, 15) is 18.0 Å². The number of carbonyl (C=O) groups is 1. The Balaban J connectivity index is 0.000000479. The Labute approximate surface area is 208 Å². The maximum absolute atomic E-state index is 11.5. The lowest BCUT2D eigenvalue weighted by Gasteiger charge is -2.14. The topological polar surface area (TPSA) is 142 Å². The molecule has 0 aliphatic heterocycles. The van der Waals surface area contributed by atoms with Crippen molar-refractivity contribution in [1.29, 1.82) is 0 Å². The van der Waals surface area contributed by atoms with Crippen molar-refractivity contribution in [3.05, 3.63) is 63.3 Å². The molecule has 4 N–H and O–H groups in total. The van der Waals surface area contributed by atoms with Crippen LogP contribution in [0.25, 0.3) is 11.1 Å². The number of hydrogen-bond acceptors (Lipinski definition) is 8. The van der Waals surface area contributed by atoms with Crippen molar-refractivity contribution in [3.63, 3.8) is 0 Å². The lowest BCUT2D eigenvalue weighted by atomic mass is 10.1. The van der Waals surface area contributed by atoms with Crippen LogP contribution in [0.4, 0.5) is 36.3 Å². The summed E-state index contributed by atoms with van der Waals surface area (Å²) in [5.41, 5.74) is 6.76. The monoisotopic (exact) mass is 519 g/mol. The quantitative estimate of drug-likeness (QED) is 0.277. The van der Waals surface area contributed by atoms with Gasteiger partial charge in [0, 0.05) is 29.2 Å². The van der Waals surface area contributed by atoms with Gasteiger partial charge in [-0.25, -0.2) is 14.6 Å². The third-order valence-electron chi connectivity index (χ3n) is 5.28. The number of oxazole rings is 1. The Morgan fingerprint density at radius 2 is 1.65 bits per heavy atom. The number of fused-ring (bicyclic) bond motifs is 1. The fourth-order valence-electron chi connectivity index (χ4n) is 3.31. The van der Waals surface area contributed by atoms with Crippen molar-refractivity contribution in [2.45, 2.75) is 33.9 Å². The van der Waals surface area contributed by atoms with E-state index in [0.29, 0.717) is 22.9 Å². The molecule has 0 amide bonds. The molecule has 37 heavy (non-hydrogen) atoms. The Bertz CT molecular complexity index is 1510. The summed E-state index contributed by atoms with van der Waals surface area (Å²) in [6.45, 7) is 7.87. The van der Waals surface area contributed by atoms with Crippen LogP contribution in [0.3, 0.4) is 0 Å². The Morgan fingerprint density at radius 1 is 1.03 bits per heavy atom. The number of methoxy groups -OCH3 is 1. The highest BCUT2D eigenvalue weighted by atomic mass is 19.4. The van der Waals surface area contributed by atoms with Crippen molar-refractivity contribution >= 4 is 40.2 Å². The van der Waals surface area contributed by atoms with Crippen LogP contribution < -0.4 is 21.1 Å². The van der Waals surface area contributed by atoms with Gasteiger partial charge in [0.05, 0.1) is 12.6 Å². The summed E-state index contributed by atoms with van der Waals surface area (Å²) in [7, 11) is 1.65. The van der Waals surface area contributed by atoms with Crippen LogP contribution in [-0.4, -0.2) is 39.3 Å². The zero-order valence-corrected chi connectivity index (χ0v) is 20.5. The number of carboxylic acids is 1. The average Bonchev–Trinajstić information content (AvgIpc) is 3.19. The number of anilines is 4. The van der Waals surface area contributed by atoms with Crippen LogP contribution in [0, 0.1) is 27.7 Å². The van der Waals surface area contributed by atoms with Gasteiger partial charge in [-0.2, -0.15) is 18.2 Å². The van der Waals surface area contributed by atoms with E-state index < -0.39 is 17.9 Å². The molecule has 0 saturated heterocycles. The molecule has 2 aromatic heterocycles. The maximum atomic E-state index is 11.5. The molecule has 0 aliphatic carbocycles. The Morgan fingerprint density at radius 3 is 2.27 bits per heavy atom. The SMILES string of the molecule is COc1cc(Nc2ncc(C)c(Nc3cc(C)c4oc(=O)[nH]c4c3)n2)cc(C)c1C.O=C(O)C(F)(F)F. The van der Waals surface area contributed by atoms with Gasteiger partial charge < -0.3 is 24.9 Å². The molecule has 0 atom stereocenters. The van der Waals surface area contributed by atoms with Crippen LogP contribution in [-0.2, 0) is 4.79 Å². The summed E-state index contributed by atoms with van der Waals surface area (Å²) in [5.74, 6) is -1.30. The smallest absolute Gasteiger partial charge is 0.490 e. The van der Waals surface area contributed by atoms with Crippen LogP contribution in [0.5, 0.6) is 5.75 Å². The number of benzene rings is 2. The molecule has 0 aliphatic rings. The highest BCUT2D eigenvalue weighted by molar-refractivity contribution is 5.81. The number of hydrogen-bond donors (Lipinski definition) is 4. The van der Waals surface area contributed by atoms with E-state index in [2.05, 4.69) is 25.6 Å². The lowest BCUT2D eigenvalue weighted by molar-refractivity contribution is -0.192. The first-order valence-electron chi connectivity index (χ1n) is 10.7. The Kier molecular flexibility index (Phi) is 7.75. The van der Waals surface area contributed by atoms with E-state index in [1.54, 1.807) is 13.3 Å². The van der Waals surface area contributed by atoms with E-state index in [1.165, 1.54) is 0 Å². The highest BCUT2D eigenvalue weighted by Gasteiger charge is 2.38. The summed E-state index contributed by atoms with van der Waals surface area (Å²) >= 11 is 0. The first kappa shape index (κ1) is 27.0. The molecule has 0 fully saturated rings. The van der Waals surface area contributed by atoms with Gasteiger partial charge in [0.1, 0.15) is 11.6 Å². The molecule has 0 spiro atoms. The van der Waals surface area contributed by atoms with E-state index in [0.717, 1.165) is 39.4 Å². The van der Waals surface area contributed by atoms with Crippen molar-refractivity contribution in [2.24, 2.45) is 0 Å². The number of halogens is 3. The molecule has 13 heteroatoms. The molecule has 2 heterocycles. The van der Waals surface area contributed by atoms with Gasteiger partial charge in [-0.1, -0.05) is 0 Å². The highest BCUT2D eigenvalue weighted by Crippen LogP contribution is 2.29. The summed E-state index contributed by atoms with van der Waals surface area (Å²) in [5, 5.41) is 13.7. The predicted octanol–water partition coefficient (Wildman–Crippen LogP) is 5.27. The predicted molar refractivity (Wildman–Crippen MR) is 131 cm³/mol. The normalized spacial score (nSPS) is 11.0. The molecule has 0 radical (unpaired) electrons. The molecular formula is C24H24F3N5O5. The standard InChI is InChI=1S/C22H23N5O3.C2HF3O2/c1-11-6-16(9-18(29-5)14(11)4)25-21-23-10-13(3)20(27-21)24-15-7-12(2)19-17(8-15)26-22(28)30-19;3-2(4,5)1(6)7/h6-10H,1-5H3,(H,26,28)(H2,23,24,25,27);(H,6,7). The van der Waals surface area contributed by atoms with Crippen LogP contribution in [0.2, 0.25) is 0 Å². The zero-order chi connectivity index (χ0) is 27.5. The number of aromatic nitrogens is 3. The molecule has 4 rings (SSSR count). The van der Waals surface area contributed by atoms with Gasteiger partial charge in [-0.05, 0) is 62.6 Å². The molecule has 0 bridgehead atoms. The summed E-state index contributed by atoms with van der Waals surface area (Å²) in [6, 6.07) is 7.67. The third-order valence-corrected chi connectivity index (χ3v) is 5.28. The molecule has 0 unspecified atom stereocenters. The average molecular weight is 519 g/mol. The maximum Gasteiger partial charge on any atom is 0.490 e. The zero-order valence-electron chi connectivity index (χ0n) is 20.5. The van der Waals surface area contributed by atoms with Crippen LogP contribution in [0.15, 0.2) is 39.7 Å². The number of ether oxygens (including phenoxy) is 1. The number of aryl methyl sites for hydroxylation is 3. The van der Waals surface area contributed by atoms with Crippen LogP contribution >= 0.6 is 0 Å². The lowest BCUT2D eigenvalue weighted by Crippen LogP contribution is -2.21. The molecule has 2 aromatic carbocycles. The number of alkyl halides is 3. The number of H-pyrrole nitrogens is 1. The minimum Gasteiger partial charge on any atom is -0.496 e. The molecule has 0 saturated carbocycles. The summed E-state index contributed by atoms with van der Waals surface area (Å²) < 4.78 is 42.3. The van der Waals surface area contributed by atoms with Crippen molar-refractivity contribution in [2.75, 3.05) is 17.7 Å². The van der Waals surface area contributed by atoms with Crippen molar-refractivity contribution in [3.8, 4) is 5.75 Å². The van der Waals surface area contributed by atoms with Gasteiger partial charge in [0.25, 0.3) is 0 Å². The first-order valence-corrected chi connectivity index (χ1v) is 10.7. The molecular weight excluding hydrogens is 495 g/mol. The van der Waals surface area contributed by atoms with Gasteiger partial charge in [-0.15, -0.1) is 0 Å². The van der Waals surface area contributed by atoms with Gasteiger partial charge in [0.15, 0.2) is 5.58 Å². The van der Waals surface area contributed by atoms with Gasteiger partial charge in [-0.3, -0.25) is 4.98 Å². The van der Waals surface area contributed by atoms with Gasteiger partial charge >= 0.3 is 17.9 Å². The van der Waals surface area contributed by atoms with Crippen molar-refractivity contribution in [1.82, 2.24) is 15.0 Å². The third kappa shape index (κ3) is 6.57. The number of carboxylic acid groups (broad SMARTS) is 1. The first-order chi connectivity index (χ1) is 17.3. The van der Waals surface area contributed by atoms with E-state index >= 15 is 0 Å². The minimum atomic E-state index is -5.08. The van der Waals surface area contributed by atoms with Crippen LogP contribution in [0.1, 0.15) is 22.3 Å². The van der Waals surface area contributed by atoms with E-state index in [-0.39, 0.29) is 0 Å². The second-order valence-electron chi connectivity index (χ2n) is 8.08. The fourth-order valence-corrected chi connectivity index (χ4v) is 3.31. The largest absolute Gasteiger partial charge is 0.496 e. The second kappa shape index (κ2) is 10.6. The fraction of sp³-hybridized carbons (Fsp3) is 0.250. The number of aromatic amines is 1. The summed E-state index contributed by atoms with van der Waals surface area (Å²) in [4.78, 5) is 32.1. The minimum absolute atomic E-state index is 0.461. The number of nitrogens with zero attached hydrogens (tertiary/aromatic N) is 2. The number of aliphatic carboxylic acids is 1. The Hall–Kier alpha value is -4.55. The number of rotatable bonds is 5. The van der Waals surface area contributed by atoms with Gasteiger partial charge in [0.2, 0.25) is 5.95 Å².